The molecule has 1 fully saturated rings. The molecule has 0 saturated carbocycles. The van der Waals surface area contributed by atoms with E-state index in [-0.39, 0.29) is 84.5 Å². The van der Waals surface area contributed by atoms with Crippen LogP contribution in [0.25, 0.3) is 0 Å². The zero-order valence-corrected chi connectivity index (χ0v) is 70.2. The molecule has 1 aliphatic heterocycles. The van der Waals surface area contributed by atoms with Crippen LogP contribution in [0.5, 0.6) is 0 Å². The van der Waals surface area contributed by atoms with Gasteiger partial charge in [0.2, 0.25) is 23.6 Å². The molecule has 3 atom stereocenters. The summed E-state index contributed by atoms with van der Waals surface area (Å²) in [6.45, 7) is 38.9. The first-order valence-corrected chi connectivity index (χ1v) is 37.3. The van der Waals surface area contributed by atoms with Gasteiger partial charge in [0.05, 0.1) is 45.7 Å². The van der Waals surface area contributed by atoms with Gasteiger partial charge in [-0.1, -0.05) is 0 Å². The lowest BCUT2D eigenvalue weighted by Crippen LogP contribution is -2.51. The van der Waals surface area contributed by atoms with Gasteiger partial charge in [-0.15, -0.1) is 0 Å². The third-order valence-corrected chi connectivity index (χ3v) is 14.7. The zero-order chi connectivity index (χ0) is 83.7. The zero-order valence-electron chi connectivity index (χ0n) is 70.2. The number of esters is 9. The third-order valence-electron chi connectivity index (χ3n) is 14.7. The summed E-state index contributed by atoms with van der Waals surface area (Å²) in [5.74, 6) is -11.2. The summed E-state index contributed by atoms with van der Waals surface area (Å²) in [5.41, 5.74) is -9.28. The summed E-state index contributed by atoms with van der Waals surface area (Å²) in [5, 5.41) is 9.73. The van der Waals surface area contributed by atoms with Gasteiger partial charge >= 0.3 is 59.7 Å². The molecule has 0 radical (unpaired) electrons. The van der Waals surface area contributed by atoms with Gasteiger partial charge in [-0.2, -0.15) is 0 Å². The molecule has 620 valence electrons. The molecule has 0 unspecified atom stereocenters. The van der Waals surface area contributed by atoms with Crippen LogP contribution in [0.1, 0.15) is 251 Å². The standard InChI is InChI=1S/C77H133N7O24/c1-69(2,3)100-60(91)46-82(47-61(92)101-70(4,5)6)52(66(97)106-75(19,20)21)30-33-55(85)78-38-28-39-80(57(87)35-32-54(68(99)108-77(25,26)27)84(50-64(95)104-73(13,14)15)51-65(96)105-74(16,17)18)44-45-81(58(88)36-37-59(89)90)41-29-40-79(43-42-78)56(86)34-31-53(67(98)107-76(22,23)24)83(48-62(93)102-71(7,8)9)49-63(94)103-72(10,11)12/h52-54H,28-51H2,1-27H3,(H,89,90)/t52-,53-,54-/m0/s1. The fourth-order valence-corrected chi connectivity index (χ4v) is 11.0. The Morgan fingerprint density at radius 3 is 0.583 bits per heavy atom. The Kier molecular flexibility index (Phi) is 38.3. The monoisotopic (exact) mass is 1540 g/mol. The van der Waals surface area contributed by atoms with Gasteiger partial charge in [0.25, 0.3) is 0 Å². The van der Waals surface area contributed by atoms with Crippen LogP contribution in [0.4, 0.5) is 0 Å². The Balaban J connectivity index is 4.44. The number of carboxylic acid groups (broad SMARTS) is 1. The lowest BCUT2D eigenvalue weighted by molar-refractivity contribution is -0.171. The first kappa shape index (κ1) is 98.5. The van der Waals surface area contributed by atoms with E-state index < -0.39 is 223 Å². The second-order valence-corrected chi connectivity index (χ2v) is 36.1. The Morgan fingerprint density at radius 2 is 0.426 bits per heavy atom. The van der Waals surface area contributed by atoms with Crippen LogP contribution in [-0.4, -0.2) is 283 Å². The highest BCUT2D eigenvalue weighted by Gasteiger charge is 2.41. The summed E-state index contributed by atoms with van der Waals surface area (Å²) in [4.78, 5) is 206. The van der Waals surface area contributed by atoms with Crippen LogP contribution < -0.4 is 0 Å². The highest BCUT2D eigenvalue weighted by molar-refractivity contribution is 5.86. The first-order chi connectivity index (χ1) is 48.8. The van der Waals surface area contributed by atoms with E-state index in [4.69, 9.17) is 42.6 Å². The van der Waals surface area contributed by atoms with Crippen LogP contribution in [0, 0.1) is 0 Å². The number of nitrogens with zero attached hydrogens (tertiary/aromatic N) is 7. The quantitative estimate of drug-likeness (QED) is 0.0541. The summed E-state index contributed by atoms with van der Waals surface area (Å²) >= 11 is 0. The number of amides is 4. The highest BCUT2D eigenvalue weighted by atomic mass is 16.6. The van der Waals surface area contributed by atoms with Crippen LogP contribution in [-0.2, 0) is 110 Å². The van der Waals surface area contributed by atoms with Crippen molar-refractivity contribution in [1.29, 1.82) is 0 Å². The number of hydrogen-bond acceptors (Lipinski definition) is 26. The molecule has 108 heavy (non-hydrogen) atoms. The smallest absolute Gasteiger partial charge is 0.323 e. The average molecular weight is 1540 g/mol. The third kappa shape index (κ3) is 45.4. The fraction of sp³-hybridized carbons (Fsp3) is 0.818. The minimum absolute atomic E-state index is 0.0107. The van der Waals surface area contributed by atoms with Crippen molar-refractivity contribution in [2.45, 2.75) is 320 Å². The number of carbonyl (C=O) groups excluding carboxylic acids is 13. The molecule has 0 spiro atoms. The van der Waals surface area contributed by atoms with Gasteiger partial charge in [0, 0.05) is 78.0 Å². The number of hydrogen-bond donors (Lipinski definition) is 1. The minimum Gasteiger partial charge on any atom is -0.481 e. The molecule has 1 saturated heterocycles. The minimum atomic E-state index is -1.46. The summed E-state index contributed by atoms with van der Waals surface area (Å²) in [6, 6.07) is -4.35. The van der Waals surface area contributed by atoms with Gasteiger partial charge in [-0.3, -0.25) is 81.8 Å². The van der Waals surface area contributed by atoms with Crippen molar-refractivity contribution in [2.75, 3.05) is 91.6 Å². The van der Waals surface area contributed by atoms with E-state index in [1.807, 2.05) is 0 Å². The van der Waals surface area contributed by atoms with Crippen LogP contribution in [0.2, 0.25) is 0 Å². The molecule has 0 aliphatic carbocycles. The molecule has 1 aliphatic rings. The van der Waals surface area contributed by atoms with Crippen molar-refractivity contribution in [3.05, 3.63) is 0 Å². The molecule has 31 heteroatoms. The van der Waals surface area contributed by atoms with Crippen molar-refractivity contribution in [1.82, 2.24) is 34.3 Å². The Bertz CT molecular complexity index is 2960. The lowest BCUT2D eigenvalue weighted by Gasteiger charge is -2.35. The highest BCUT2D eigenvalue weighted by Crippen LogP contribution is 2.25. The van der Waals surface area contributed by atoms with Crippen molar-refractivity contribution < 1.29 is 115 Å². The fourth-order valence-electron chi connectivity index (χ4n) is 11.0. The van der Waals surface area contributed by atoms with Gasteiger partial charge in [0.15, 0.2) is 0 Å². The molecular weight excluding hydrogens is 1410 g/mol. The molecule has 0 aromatic rings. The van der Waals surface area contributed by atoms with E-state index in [0.717, 1.165) is 0 Å². The van der Waals surface area contributed by atoms with E-state index >= 15 is 14.4 Å². The second-order valence-electron chi connectivity index (χ2n) is 36.1. The number of rotatable bonds is 30. The molecule has 0 aromatic heterocycles. The van der Waals surface area contributed by atoms with Crippen molar-refractivity contribution >= 4 is 83.3 Å². The predicted molar refractivity (Wildman–Crippen MR) is 399 cm³/mol. The van der Waals surface area contributed by atoms with Gasteiger partial charge in [0.1, 0.15) is 68.5 Å². The molecule has 1 heterocycles. The molecule has 1 N–H and O–H groups in total. The van der Waals surface area contributed by atoms with E-state index in [9.17, 15) is 57.8 Å². The van der Waals surface area contributed by atoms with Crippen LogP contribution in [0.3, 0.4) is 0 Å². The van der Waals surface area contributed by atoms with Gasteiger partial charge in [-0.25, -0.2) is 0 Å². The average Bonchev–Trinajstić information content (AvgIpc) is 0.849. The lowest BCUT2D eigenvalue weighted by atomic mass is 10.1. The van der Waals surface area contributed by atoms with Gasteiger partial charge < -0.3 is 67.3 Å². The number of carboxylic acids is 1. The molecule has 1 rings (SSSR count). The molecule has 0 bridgehead atoms. The topological polar surface area (TPSA) is 365 Å². The normalized spacial score (nSPS) is 15.4. The molecule has 31 nitrogen and oxygen atoms in total. The molecular formula is C77H133N7O24. The van der Waals surface area contributed by atoms with Crippen LogP contribution >= 0.6 is 0 Å². The number of aliphatic carboxylic acids is 1. The first-order valence-electron chi connectivity index (χ1n) is 37.3. The van der Waals surface area contributed by atoms with Crippen molar-refractivity contribution in [2.24, 2.45) is 0 Å². The Hall–Kier alpha value is -7.54. The maximum atomic E-state index is 15.3. The number of ether oxygens (including phenoxy) is 9. The number of carbonyl (C=O) groups is 14. The summed E-state index contributed by atoms with van der Waals surface area (Å²) < 4.78 is 51.5. The maximum absolute atomic E-state index is 15.3. The molecule has 4 amide bonds. The van der Waals surface area contributed by atoms with E-state index in [1.54, 1.807) is 187 Å². The van der Waals surface area contributed by atoms with Crippen molar-refractivity contribution in [3.8, 4) is 0 Å². The van der Waals surface area contributed by atoms with Gasteiger partial charge in [-0.05, 0) is 219 Å². The Morgan fingerprint density at radius 1 is 0.259 bits per heavy atom. The summed E-state index contributed by atoms with van der Waals surface area (Å²) in [6.07, 6.45) is -3.37. The van der Waals surface area contributed by atoms with Crippen molar-refractivity contribution in [3.63, 3.8) is 0 Å². The van der Waals surface area contributed by atoms with E-state index in [0.29, 0.717) is 0 Å². The predicted octanol–water partition coefficient (Wildman–Crippen LogP) is 7.39. The van der Waals surface area contributed by atoms with Crippen LogP contribution in [0.15, 0.2) is 0 Å². The SMILES string of the molecule is CC(C)(C)OC(=O)CN(CC(=O)OC(C)(C)C)[C@@H](CCC(=O)N1CCCN(C(=O)CC[C@@H](C(=O)OC(C)(C)C)N(CC(=O)OC(C)(C)C)CC(=O)OC(C)(C)C)CCN(C(=O)CC[C@@H](C(=O)OC(C)(C)C)N(CC(=O)OC(C)(C)C)CC(=O)OC(C)(C)C)CCCN(C(=O)CCC(=O)O)CC1)C(=O)OC(C)(C)C. The van der Waals surface area contributed by atoms with E-state index in [1.165, 1.54) is 34.3 Å². The van der Waals surface area contributed by atoms with E-state index in [2.05, 4.69) is 0 Å². The summed E-state index contributed by atoms with van der Waals surface area (Å²) in [7, 11) is 0. The second kappa shape index (κ2) is 42.0. The largest absolute Gasteiger partial charge is 0.481 e. The Labute approximate surface area is 641 Å². The molecule has 0 aromatic carbocycles. The maximum Gasteiger partial charge on any atom is 0.323 e.